The monoisotopic (exact) mass is 266 g/mol. The third kappa shape index (κ3) is 3.71. The minimum Gasteiger partial charge on any atom is -0.353 e. The Hall–Kier alpha value is -0.570. The lowest BCUT2D eigenvalue weighted by Crippen LogP contribution is -2.50. The maximum absolute atomic E-state index is 12.5. The van der Waals surface area contributed by atoms with Crippen molar-refractivity contribution in [1.29, 1.82) is 0 Å². The molecular formula is C16H30N2O. The Morgan fingerprint density at radius 3 is 2.42 bits per heavy atom. The van der Waals surface area contributed by atoms with Gasteiger partial charge in [0.25, 0.3) is 0 Å². The topological polar surface area (TPSA) is 55.1 Å². The predicted molar refractivity (Wildman–Crippen MR) is 78.7 cm³/mol. The summed E-state index contributed by atoms with van der Waals surface area (Å²) in [5.74, 6) is 1.36. The minimum atomic E-state index is 0.0409. The summed E-state index contributed by atoms with van der Waals surface area (Å²) in [5.41, 5.74) is 6.23. The highest BCUT2D eigenvalue weighted by Crippen LogP contribution is 2.29. The second kappa shape index (κ2) is 6.74. The Morgan fingerprint density at radius 2 is 1.63 bits per heavy atom. The second-order valence-electron chi connectivity index (χ2n) is 6.82. The van der Waals surface area contributed by atoms with Crippen molar-refractivity contribution >= 4 is 5.91 Å². The Balaban J connectivity index is 1.92. The third-order valence-electron chi connectivity index (χ3n) is 5.32. The Labute approximate surface area is 117 Å². The first-order valence-electron chi connectivity index (χ1n) is 8.15. The average Bonchev–Trinajstić information content (AvgIpc) is 2.58. The lowest BCUT2D eigenvalue weighted by Gasteiger charge is -2.34. The number of hydrogen-bond donors (Lipinski definition) is 2. The van der Waals surface area contributed by atoms with Gasteiger partial charge in [0.2, 0.25) is 5.91 Å². The van der Waals surface area contributed by atoms with Crippen molar-refractivity contribution in [1.82, 2.24) is 5.32 Å². The molecule has 0 spiro atoms. The van der Waals surface area contributed by atoms with Crippen LogP contribution in [0.25, 0.3) is 0 Å². The molecule has 0 heterocycles. The highest BCUT2D eigenvalue weighted by atomic mass is 16.2. The van der Waals surface area contributed by atoms with Crippen LogP contribution in [0.4, 0.5) is 0 Å². The van der Waals surface area contributed by atoms with Crippen LogP contribution < -0.4 is 11.1 Å². The van der Waals surface area contributed by atoms with Gasteiger partial charge in [-0.2, -0.15) is 0 Å². The maximum Gasteiger partial charge on any atom is 0.224 e. The van der Waals surface area contributed by atoms with E-state index in [1.54, 1.807) is 0 Å². The van der Waals surface area contributed by atoms with Gasteiger partial charge < -0.3 is 11.1 Å². The molecule has 0 radical (unpaired) electrons. The molecule has 0 aromatic rings. The highest BCUT2D eigenvalue weighted by molar-refractivity contribution is 5.79. The van der Waals surface area contributed by atoms with Crippen LogP contribution in [0, 0.1) is 17.8 Å². The van der Waals surface area contributed by atoms with E-state index in [1.165, 1.54) is 32.1 Å². The standard InChI is InChI=1S/C16H30N2O/c1-11-7-4-3-5-10-14(11)18-16(19)13-9-6-8-12(2)15(13)17/h11-15H,3-10,17H2,1-2H3,(H,18,19). The molecule has 2 rings (SSSR count). The molecule has 2 aliphatic carbocycles. The van der Waals surface area contributed by atoms with Crippen LogP contribution in [0.2, 0.25) is 0 Å². The molecule has 0 saturated heterocycles. The van der Waals surface area contributed by atoms with Crippen LogP contribution in [0.5, 0.6) is 0 Å². The summed E-state index contributed by atoms with van der Waals surface area (Å²) in [5, 5.41) is 3.31. The normalized spacial score (nSPS) is 40.5. The first-order chi connectivity index (χ1) is 9.09. The van der Waals surface area contributed by atoms with E-state index in [-0.39, 0.29) is 17.9 Å². The van der Waals surface area contributed by atoms with Crippen LogP contribution in [-0.4, -0.2) is 18.0 Å². The van der Waals surface area contributed by atoms with Crippen LogP contribution >= 0.6 is 0 Å². The summed E-state index contributed by atoms with van der Waals surface area (Å²) < 4.78 is 0. The summed E-state index contributed by atoms with van der Waals surface area (Å²) >= 11 is 0. The molecule has 2 saturated carbocycles. The van der Waals surface area contributed by atoms with Gasteiger partial charge in [0, 0.05) is 12.1 Å². The summed E-state index contributed by atoms with van der Waals surface area (Å²) in [4.78, 5) is 12.5. The Morgan fingerprint density at radius 1 is 0.947 bits per heavy atom. The second-order valence-corrected chi connectivity index (χ2v) is 6.82. The smallest absolute Gasteiger partial charge is 0.224 e. The molecule has 2 aliphatic rings. The third-order valence-corrected chi connectivity index (χ3v) is 5.32. The first kappa shape index (κ1) is 14.8. The number of hydrogen-bond acceptors (Lipinski definition) is 2. The zero-order chi connectivity index (χ0) is 13.8. The van der Waals surface area contributed by atoms with Crippen molar-refractivity contribution in [2.45, 2.75) is 77.3 Å². The molecule has 3 nitrogen and oxygen atoms in total. The van der Waals surface area contributed by atoms with E-state index in [4.69, 9.17) is 5.73 Å². The minimum absolute atomic E-state index is 0.0409. The van der Waals surface area contributed by atoms with E-state index < -0.39 is 0 Å². The first-order valence-corrected chi connectivity index (χ1v) is 8.15. The molecule has 0 bridgehead atoms. The van der Waals surface area contributed by atoms with E-state index in [0.29, 0.717) is 17.9 Å². The van der Waals surface area contributed by atoms with Gasteiger partial charge in [-0.15, -0.1) is 0 Å². The van der Waals surface area contributed by atoms with E-state index in [0.717, 1.165) is 19.3 Å². The van der Waals surface area contributed by atoms with Crippen molar-refractivity contribution in [3.8, 4) is 0 Å². The quantitative estimate of drug-likeness (QED) is 0.755. The Kier molecular flexibility index (Phi) is 5.26. The van der Waals surface area contributed by atoms with Gasteiger partial charge in [0.05, 0.1) is 5.92 Å². The molecule has 110 valence electrons. The number of amides is 1. The summed E-state index contributed by atoms with van der Waals surface area (Å²) in [6.07, 6.45) is 9.56. The van der Waals surface area contributed by atoms with E-state index in [1.807, 2.05) is 0 Å². The maximum atomic E-state index is 12.5. The predicted octanol–water partition coefficient (Wildman–Crippen LogP) is 2.83. The van der Waals surface area contributed by atoms with E-state index in [2.05, 4.69) is 19.2 Å². The van der Waals surface area contributed by atoms with Crippen molar-refractivity contribution in [3.63, 3.8) is 0 Å². The molecule has 5 atom stereocenters. The summed E-state index contributed by atoms with van der Waals surface area (Å²) in [6, 6.07) is 0.425. The van der Waals surface area contributed by atoms with Crippen LogP contribution in [-0.2, 0) is 4.79 Å². The molecule has 1 amide bonds. The lowest BCUT2D eigenvalue weighted by molar-refractivity contribution is -0.128. The van der Waals surface area contributed by atoms with Crippen molar-refractivity contribution in [3.05, 3.63) is 0 Å². The number of rotatable bonds is 2. The molecule has 19 heavy (non-hydrogen) atoms. The molecule has 0 aliphatic heterocycles. The molecule has 2 fully saturated rings. The van der Waals surface area contributed by atoms with Crippen LogP contribution in [0.1, 0.15) is 65.2 Å². The van der Waals surface area contributed by atoms with Crippen molar-refractivity contribution < 1.29 is 4.79 Å². The largest absolute Gasteiger partial charge is 0.353 e. The SMILES string of the molecule is CC1CCCCCC1NC(=O)C1CCCC(C)C1N. The highest BCUT2D eigenvalue weighted by Gasteiger charge is 2.34. The number of carbonyl (C=O) groups is 1. The van der Waals surface area contributed by atoms with Crippen molar-refractivity contribution in [2.24, 2.45) is 23.5 Å². The van der Waals surface area contributed by atoms with Crippen LogP contribution in [0.3, 0.4) is 0 Å². The van der Waals surface area contributed by atoms with E-state index in [9.17, 15) is 4.79 Å². The molecular weight excluding hydrogens is 236 g/mol. The van der Waals surface area contributed by atoms with Gasteiger partial charge in [-0.3, -0.25) is 4.79 Å². The van der Waals surface area contributed by atoms with Crippen LogP contribution in [0.15, 0.2) is 0 Å². The molecule has 5 unspecified atom stereocenters. The Bertz CT molecular complexity index is 305. The number of nitrogens with two attached hydrogens (primary N) is 1. The van der Waals surface area contributed by atoms with Gasteiger partial charge in [-0.05, 0) is 37.5 Å². The van der Waals surface area contributed by atoms with Gasteiger partial charge >= 0.3 is 0 Å². The zero-order valence-electron chi connectivity index (χ0n) is 12.5. The van der Waals surface area contributed by atoms with Gasteiger partial charge in [0.15, 0.2) is 0 Å². The zero-order valence-corrected chi connectivity index (χ0v) is 12.5. The van der Waals surface area contributed by atoms with Gasteiger partial charge in [0.1, 0.15) is 0 Å². The fourth-order valence-electron chi connectivity index (χ4n) is 3.74. The van der Waals surface area contributed by atoms with Gasteiger partial charge in [-0.1, -0.05) is 39.5 Å². The summed E-state index contributed by atoms with van der Waals surface area (Å²) in [6.45, 7) is 4.46. The summed E-state index contributed by atoms with van der Waals surface area (Å²) in [7, 11) is 0. The lowest BCUT2D eigenvalue weighted by atomic mass is 9.77. The number of carbonyl (C=O) groups excluding carboxylic acids is 1. The van der Waals surface area contributed by atoms with Gasteiger partial charge in [-0.25, -0.2) is 0 Å². The molecule has 3 heteroatoms. The van der Waals surface area contributed by atoms with Crippen molar-refractivity contribution in [2.75, 3.05) is 0 Å². The average molecular weight is 266 g/mol. The van der Waals surface area contributed by atoms with E-state index >= 15 is 0 Å². The number of nitrogens with one attached hydrogen (secondary N) is 1. The fourth-order valence-corrected chi connectivity index (χ4v) is 3.74. The fraction of sp³-hybridized carbons (Fsp3) is 0.938. The molecule has 0 aromatic heterocycles. The molecule has 0 aromatic carbocycles. The molecule has 3 N–H and O–H groups in total.